The van der Waals surface area contributed by atoms with E-state index in [0.717, 1.165) is 19.7 Å². The van der Waals surface area contributed by atoms with Crippen LogP contribution in [0.15, 0.2) is 0 Å². The van der Waals surface area contributed by atoms with Crippen LogP contribution in [-0.2, 0) is 4.74 Å². The molecule has 1 atom stereocenters. The Morgan fingerprint density at radius 1 is 1.20 bits per heavy atom. The van der Waals surface area contributed by atoms with Gasteiger partial charge >= 0.3 is 0 Å². The van der Waals surface area contributed by atoms with Crippen LogP contribution in [0.5, 0.6) is 0 Å². The van der Waals surface area contributed by atoms with Crippen LogP contribution in [0.2, 0.25) is 0 Å². The van der Waals surface area contributed by atoms with Crippen molar-refractivity contribution in [1.29, 1.82) is 0 Å². The summed E-state index contributed by atoms with van der Waals surface area (Å²) in [4.78, 5) is 4.88. The van der Waals surface area contributed by atoms with Gasteiger partial charge in [-0.1, -0.05) is 0 Å². The van der Waals surface area contributed by atoms with Crippen LogP contribution in [0.4, 0.5) is 0 Å². The second kappa shape index (κ2) is 7.21. The van der Waals surface area contributed by atoms with Crippen molar-refractivity contribution in [3.63, 3.8) is 0 Å². The second-order valence-electron chi connectivity index (χ2n) is 7.63. The molecule has 0 spiro atoms. The van der Waals surface area contributed by atoms with Crippen LogP contribution in [0.25, 0.3) is 0 Å². The Hall–Kier alpha value is -0.160. The van der Waals surface area contributed by atoms with E-state index in [2.05, 4.69) is 57.0 Å². The van der Waals surface area contributed by atoms with Gasteiger partial charge in [0.25, 0.3) is 0 Å². The first-order valence-electron chi connectivity index (χ1n) is 7.82. The maximum atomic E-state index is 5.42. The number of ether oxygens (including phenoxy) is 1. The third-order valence-corrected chi connectivity index (χ3v) is 4.63. The zero-order chi connectivity index (χ0) is 15.4. The molecule has 0 saturated heterocycles. The summed E-state index contributed by atoms with van der Waals surface area (Å²) in [6.45, 7) is 9.51. The molecule has 0 amide bonds. The minimum Gasteiger partial charge on any atom is -0.383 e. The van der Waals surface area contributed by atoms with Crippen LogP contribution in [0.1, 0.15) is 40.0 Å². The van der Waals surface area contributed by atoms with Crippen molar-refractivity contribution in [2.24, 2.45) is 0 Å². The number of hydrogen-bond acceptors (Lipinski definition) is 4. The Kier molecular flexibility index (Phi) is 6.45. The van der Waals surface area contributed by atoms with Gasteiger partial charge in [-0.2, -0.15) is 0 Å². The van der Waals surface area contributed by atoms with Crippen molar-refractivity contribution < 1.29 is 4.74 Å². The van der Waals surface area contributed by atoms with Crippen molar-refractivity contribution in [3.8, 4) is 0 Å². The highest BCUT2D eigenvalue weighted by atomic mass is 16.5. The molecular weight excluding hydrogens is 250 g/mol. The molecule has 4 nitrogen and oxygen atoms in total. The van der Waals surface area contributed by atoms with E-state index in [0.29, 0.717) is 11.6 Å². The summed E-state index contributed by atoms with van der Waals surface area (Å²) in [5.41, 5.74) is 0.533. The Labute approximate surface area is 125 Å². The van der Waals surface area contributed by atoms with E-state index in [1.54, 1.807) is 7.11 Å². The van der Waals surface area contributed by atoms with E-state index in [4.69, 9.17) is 4.74 Å². The number of nitrogens with one attached hydrogen (secondary N) is 1. The van der Waals surface area contributed by atoms with Gasteiger partial charge in [0.15, 0.2) is 0 Å². The second-order valence-corrected chi connectivity index (χ2v) is 7.63. The molecule has 0 bridgehead atoms. The van der Waals surface area contributed by atoms with Crippen molar-refractivity contribution in [3.05, 3.63) is 0 Å². The molecule has 1 aliphatic carbocycles. The highest BCUT2D eigenvalue weighted by Crippen LogP contribution is 2.36. The number of hydrogen-bond donors (Lipinski definition) is 1. The molecule has 1 N–H and O–H groups in total. The average molecular weight is 285 g/mol. The largest absolute Gasteiger partial charge is 0.383 e. The summed E-state index contributed by atoms with van der Waals surface area (Å²) in [5, 5.41) is 3.60. The Bertz CT molecular complexity index is 282. The molecule has 0 heterocycles. The third-order valence-electron chi connectivity index (χ3n) is 4.63. The molecule has 1 unspecified atom stereocenters. The van der Waals surface area contributed by atoms with E-state index in [-0.39, 0.29) is 5.54 Å². The Morgan fingerprint density at radius 3 is 2.15 bits per heavy atom. The average Bonchev–Trinajstić information content (AvgIpc) is 2.27. The SMILES string of the molecule is COCC(CNC(C)(C)C)N(C)CC1(N(C)C)CCC1. The van der Waals surface area contributed by atoms with Gasteiger partial charge in [-0.15, -0.1) is 0 Å². The fraction of sp³-hybridized carbons (Fsp3) is 1.00. The number of likely N-dealkylation sites (N-methyl/N-ethyl adjacent to an activating group) is 2. The van der Waals surface area contributed by atoms with Gasteiger partial charge in [-0.3, -0.25) is 4.90 Å². The Morgan fingerprint density at radius 2 is 1.80 bits per heavy atom. The fourth-order valence-corrected chi connectivity index (χ4v) is 2.88. The van der Waals surface area contributed by atoms with Crippen molar-refractivity contribution >= 4 is 0 Å². The molecule has 0 aromatic heterocycles. The van der Waals surface area contributed by atoms with Crippen LogP contribution in [0, 0.1) is 0 Å². The predicted molar refractivity (Wildman–Crippen MR) is 86.3 cm³/mol. The minimum atomic E-state index is 0.155. The monoisotopic (exact) mass is 285 g/mol. The van der Waals surface area contributed by atoms with Crippen molar-refractivity contribution in [2.75, 3.05) is 47.9 Å². The van der Waals surface area contributed by atoms with Crippen molar-refractivity contribution in [1.82, 2.24) is 15.1 Å². The van der Waals surface area contributed by atoms with Gasteiger partial charge in [-0.25, -0.2) is 0 Å². The molecule has 4 heteroatoms. The lowest BCUT2D eigenvalue weighted by Crippen LogP contribution is -2.60. The molecule has 1 fully saturated rings. The summed E-state index contributed by atoms with van der Waals surface area (Å²) < 4.78 is 5.42. The predicted octanol–water partition coefficient (Wildman–Crippen LogP) is 1.81. The lowest BCUT2D eigenvalue weighted by Gasteiger charge is -2.50. The first-order valence-corrected chi connectivity index (χ1v) is 7.82. The molecule has 1 rings (SSSR count). The molecule has 1 aliphatic rings. The number of rotatable bonds is 8. The molecule has 0 aliphatic heterocycles. The van der Waals surface area contributed by atoms with E-state index >= 15 is 0 Å². The fourth-order valence-electron chi connectivity index (χ4n) is 2.88. The topological polar surface area (TPSA) is 27.7 Å². The normalized spacial score (nSPS) is 20.2. The van der Waals surface area contributed by atoms with E-state index < -0.39 is 0 Å². The van der Waals surface area contributed by atoms with Crippen LogP contribution >= 0.6 is 0 Å². The summed E-state index contributed by atoms with van der Waals surface area (Å²) >= 11 is 0. The van der Waals surface area contributed by atoms with Crippen LogP contribution in [0.3, 0.4) is 0 Å². The maximum Gasteiger partial charge on any atom is 0.0630 e. The molecule has 0 aromatic carbocycles. The third kappa shape index (κ3) is 4.99. The Balaban J connectivity index is 2.57. The molecular formula is C16H35N3O. The molecule has 0 radical (unpaired) electrons. The quantitative estimate of drug-likeness (QED) is 0.736. The smallest absolute Gasteiger partial charge is 0.0630 e. The van der Waals surface area contributed by atoms with Gasteiger partial charge in [0.1, 0.15) is 0 Å². The molecule has 120 valence electrons. The zero-order valence-corrected chi connectivity index (χ0v) is 14.6. The van der Waals surface area contributed by atoms with Gasteiger partial charge in [0.05, 0.1) is 6.61 Å². The van der Waals surface area contributed by atoms with E-state index in [1.165, 1.54) is 19.3 Å². The van der Waals surface area contributed by atoms with E-state index in [9.17, 15) is 0 Å². The molecule has 0 aromatic rings. The maximum absolute atomic E-state index is 5.42. The summed E-state index contributed by atoms with van der Waals surface area (Å²) in [6, 6.07) is 0.427. The zero-order valence-electron chi connectivity index (χ0n) is 14.6. The highest BCUT2D eigenvalue weighted by molar-refractivity contribution is 4.98. The first kappa shape index (κ1) is 17.9. The lowest BCUT2D eigenvalue weighted by molar-refractivity contribution is 0.00252. The van der Waals surface area contributed by atoms with E-state index in [1.807, 2.05) is 0 Å². The molecule has 20 heavy (non-hydrogen) atoms. The standard InChI is InChI=1S/C16H35N3O/c1-15(2,3)17-11-14(12-20-7)19(6)13-16(18(4)5)9-8-10-16/h14,17H,8-13H2,1-7H3. The van der Waals surface area contributed by atoms with Crippen molar-refractivity contribution in [2.45, 2.75) is 57.2 Å². The number of nitrogens with zero attached hydrogens (tertiary/aromatic N) is 2. The van der Waals surface area contributed by atoms with Crippen LogP contribution in [-0.4, -0.2) is 74.9 Å². The highest BCUT2D eigenvalue weighted by Gasteiger charge is 2.40. The van der Waals surface area contributed by atoms with Gasteiger partial charge in [0, 0.05) is 37.3 Å². The minimum absolute atomic E-state index is 0.155. The summed E-state index contributed by atoms with van der Waals surface area (Å²) in [6.07, 6.45) is 3.99. The van der Waals surface area contributed by atoms with Crippen LogP contribution < -0.4 is 5.32 Å². The number of methoxy groups -OCH3 is 1. The lowest BCUT2D eigenvalue weighted by atomic mass is 9.75. The summed E-state index contributed by atoms with van der Waals surface area (Å²) in [7, 11) is 8.46. The first-order chi connectivity index (χ1) is 9.20. The van der Waals surface area contributed by atoms with Gasteiger partial charge in [0.2, 0.25) is 0 Å². The summed E-state index contributed by atoms with van der Waals surface area (Å²) in [5.74, 6) is 0. The van der Waals surface area contributed by atoms with Gasteiger partial charge < -0.3 is 15.0 Å². The molecule has 1 saturated carbocycles. The van der Waals surface area contributed by atoms with Gasteiger partial charge in [-0.05, 0) is 61.2 Å².